The largest absolute Gasteiger partial charge is 0.416 e. The summed E-state index contributed by atoms with van der Waals surface area (Å²) >= 11 is 32.6. The number of hydrogen-bond acceptors (Lipinski definition) is 0. The van der Waals surface area contributed by atoms with Crippen molar-refractivity contribution in [3.8, 4) is 0 Å². The molecule has 0 heterocycles. The van der Waals surface area contributed by atoms with Gasteiger partial charge in [-0.3, -0.25) is 0 Å². The second-order valence-electron chi connectivity index (χ2n) is 5.11. The molecule has 0 aliphatic carbocycles. The second-order valence-corrected chi connectivity index (χ2v) is 9.68. The monoisotopic (exact) mass is 524 g/mol. The van der Waals surface area contributed by atoms with Gasteiger partial charge in [-0.05, 0) is 18.2 Å². The van der Waals surface area contributed by atoms with Gasteiger partial charge in [-0.1, -0.05) is 99.9 Å². The molecule has 0 nitrogen and oxygen atoms in total. The molecule has 0 radical (unpaired) electrons. The summed E-state index contributed by atoms with van der Waals surface area (Å²) in [5.74, 6) is 0. The smallest absolute Gasteiger partial charge is 0.166 e. The van der Waals surface area contributed by atoms with E-state index in [1.165, 1.54) is 12.1 Å². The van der Waals surface area contributed by atoms with Crippen LogP contribution in [0, 0.1) is 0 Å². The first-order valence-electron chi connectivity index (χ1n) is 6.92. The summed E-state index contributed by atoms with van der Waals surface area (Å²) in [4.78, 5) is 0. The van der Waals surface area contributed by atoms with Crippen LogP contribution in [-0.2, 0) is 19.9 Å². The zero-order valence-corrected chi connectivity index (χ0v) is 17.7. The predicted octanol–water partition coefficient (Wildman–Crippen LogP) is 9.06. The molecule has 0 N–H and O–H groups in total. The normalized spacial score (nSPS) is 13.0. The minimum absolute atomic E-state index is 0.204. The van der Waals surface area contributed by atoms with Crippen LogP contribution < -0.4 is 0 Å². The van der Waals surface area contributed by atoms with Gasteiger partial charge in [0.25, 0.3) is 0 Å². The Morgan fingerprint density at radius 2 is 0.857 bits per heavy atom. The quantitative estimate of drug-likeness (QED) is 0.237. The zero-order chi connectivity index (χ0) is 22.0. The molecular formula is C16H8Cl6F6. The van der Waals surface area contributed by atoms with E-state index in [0.29, 0.717) is 0 Å². The minimum Gasteiger partial charge on any atom is -0.166 e. The lowest BCUT2D eigenvalue weighted by Gasteiger charge is -2.17. The molecule has 12 heteroatoms. The maximum absolute atomic E-state index is 12.4. The van der Waals surface area contributed by atoms with Crippen molar-refractivity contribution in [2.45, 2.75) is 19.9 Å². The summed E-state index contributed by atoms with van der Waals surface area (Å²) in [6, 6.07) is 8.64. The van der Waals surface area contributed by atoms with Gasteiger partial charge in [0.05, 0.1) is 11.1 Å². The molecule has 0 spiro atoms. The Morgan fingerprint density at radius 1 is 0.464 bits per heavy atom. The molecule has 0 aliphatic rings. The fourth-order valence-electron chi connectivity index (χ4n) is 1.83. The van der Waals surface area contributed by atoms with E-state index in [1.54, 1.807) is 0 Å². The zero-order valence-electron chi connectivity index (χ0n) is 13.2. The van der Waals surface area contributed by atoms with E-state index in [4.69, 9.17) is 69.6 Å². The topological polar surface area (TPSA) is 0 Å². The van der Waals surface area contributed by atoms with Gasteiger partial charge >= 0.3 is 12.4 Å². The fraction of sp³-hybridized carbons (Fsp3) is 0.250. The van der Waals surface area contributed by atoms with Crippen LogP contribution in [0.15, 0.2) is 48.5 Å². The van der Waals surface area contributed by atoms with Crippen LogP contribution in [0.1, 0.15) is 22.3 Å². The van der Waals surface area contributed by atoms with Crippen molar-refractivity contribution in [3.63, 3.8) is 0 Å². The van der Waals surface area contributed by atoms with Crippen LogP contribution in [0.2, 0.25) is 0 Å². The molecule has 0 aromatic heterocycles. The number of alkyl halides is 12. The summed E-state index contributed by atoms with van der Waals surface area (Å²) in [7, 11) is 0. The van der Waals surface area contributed by atoms with E-state index in [-0.39, 0.29) is 11.1 Å². The van der Waals surface area contributed by atoms with E-state index >= 15 is 0 Å². The molecule has 28 heavy (non-hydrogen) atoms. The highest BCUT2D eigenvalue weighted by atomic mass is 35.6. The standard InChI is InChI=1S/2C8H4Cl3F3/c9-7(10,11)5-1-3-6(4-2-5)8(12,13)14;9-7(10,11)5-3-1-2-4-6(5)8(12,13)14/h2*1-4H. The van der Waals surface area contributed by atoms with Crippen LogP contribution in [0.3, 0.4) is 0 Å². The molecule has 0 bridgehead atoms. The summed E-state index contributed by atoms with van der Waals surface area (Å²) < 4.78 is 69.8. The van der Waals surface area contributed by atoms with Gasteiger partial charge in [-0.25, -0.2) is 0 Å². The maximum atomic E-state index is 12.4. The van der Waals surface area contributed by atoms with Crippen molar-refractivity contribution in [3.05, 3.63) is 70.8 Å². The first kappa shape index (κ1) is 25.8. The van der Waals surface area contributed by atoms with Crippen LogP contribution in [0.25, 0.3) is 0 Å². The number of benzene rings is 2. The molecule has 156 valence electrons. The lowest BCUT2D eigenvalue weighted by molar-refractivity contribution is -0.138. The molecular weight excluding hydrogens is 519 g/mol. The second kappa shape index (κ2) is 9.27. The molecule has 0 saturated heterocycles. The SMILES string of the molecule is FC(F)(F)c1ccc(C(Cl)(Cl)Cl)cc1.FC(F)(F)c1ccccc1C(Cl)(Cl)Cl. The number of rotatable bonds is 0. The van der Waals surface area contributed by atoms with Crippen molar-refractivity contribution < 1.29 is 26.3 Å². The molecule has 0 amide bonds. The minimum atomic E-state index is -4.51. The van der Waals surface area contributed by atoms with Gasteiger partial charge in [0.15, 0.2) is 0 Å². The summed E-state index contributed by atoms with van der Waals surface area (Å²) in [5.41, 5.74) is -1.86. The van der Waals surface area contributed by atoms with Crippen LogP contribution in [0.4, 0.5) is 26.3 Å². The highest BCUT2D eigenvalue weighted by Crippen LogP contribution is 2.44. The Hall–Kier alpha value is -0.240. The molecule has 0 atom stereocenters. The van der Waals surface area contributed by atoms with Crippen LogP contribution in [-0.4, -0.2) is 0 Å². The van der Waals surface area contributed by atoms with E-state index in [2.05, 4.69) is 0 Å². The van der Waals surface area contributed by atoms with E-state index < -0.39 is 31.1 Å². The lowest BCUT2D eigenvalue weighted by Crippen LogP contribution is -2.13. The van der Waals surface area contributed by atoms with Crippen molar-refractivity contribution >= 4 is 69.6 Å². The predicted molar refractivity (Wildman–Crippen MR) is 101 cm³/mol. The molecule has 2 aromatic rings. The Labute approximate surface area is 186 Å². The van der Waals surface area contributed by atoms with Crippen molar-refractivity contribution in [2.75, 3.05) is 0 Å². The highest BCUT2D eigenvalue weighted by molar-refractivity contribution is 6.67. The third-order valence-electron chi connectivity index (χ3n) is 3.08. The van der Waals surface area contributed by atoms with Crippen LogP contribution in [0.5, 0.6) is 0 Å². The van der Waals surface area contributed by atoms with Gasteiger partial charge in [-0.2, -0.15) is 26.3 Å². The lowest BCUT2D eigenvalue weighted by atomic mass is 10.1. The molecule has 0 aliphatic heterocycles. The number of halogens is 12. The van der Waals surface area contributed by atoms with Gasteiger partial charge < -0.3 is 0 Å². The van der Waals surface area contributed by atoms with Crippen LogP contribution >= 0.6 is 69.6 Å². The summed E-state index contributed by atoms with van der Waals surface area (Å²) in [6.07, 6.45) is -8.88. The molecule has 2 rings (SSSR count). The van der Waals surface area contributed by atoms with Crippen molar-refractivity contribution in [1.82, 2.24) is 0 Å². The van der Waals surface area contributed by atoms with Gasteiger partial charge in [0.2, 0.25) is 7.59 Å². The van der Waals surface area contributed by atoms with Gasteiger partial charge in [0.1, 0.15) is 0 Å². The Balaban J connectivity index is 0.000000280. The molecule has 0 fully saturated rings. The average molecular weight is 527 g/mol. The third kappa shape index (κ3) is 7.88. The Kier molecular flexibility index (Phi) is 8.54. The van der Waals surface area contributed by atoms with Gasteiger partial charge in [-0.15, -0.1) is 0 Å². The molecule has 0 unspecified atom stereocenters. The van der Waals surface area contributed by atoms with E-state index in [1.807, 2.05) is 0 Å². The first-order chi connectivity index (χ1) is 12.4. The third-order valence-corrected chi connectivity index (χ3v) is 4.34. The summed E-state index contributed by atoms with van der Waals surface area (Å²) in [6.45, 7) is 0. The highest BCUT2D eigenvalue weighted by Gasteiger charge is 2.38. The fourth-order valence-corrected chi connectivity index (χ4v) is 2.70. The maximum Gasteiger partial charge on any atom is 0.416 e. The number of hydrogen-bond donors (Lipinski definition) is 0. The van der Waals surface area contributed by atoms with Crippen molar-refractivity contribution in [2.24, 2.45) is 0 Å². The van der Waals surface area contributed by atoms with Crippen molar-refractivity contribution in [1.29, 1.82) is 0 Å². The van der Waals surface area contributed by atoms with Gasteiger partial charge in [0, 0.05) is 11.1 Å². The Bertz CT molecular complexity index is 706. The average Bonchev–Trinajstić information content (AvgIpc) is 2.52. The summed E-state index contributed by atoms with van der Waals surface area (Å²) in [5, 5.41) is 0. The first-order valence-corrected chi connectivity index (χ1v) is 9.18. The Morgan fingerprint density at radius 3 is 1.14 bits per heavy atom. The van der Waals surface area contributed by atoms with E-state index in [0.717, 1.165) is 36.4 Å². The molecule has 2 aromatic carbocycles. The molecule has 0 saturated carbocycles. The van der Waals surface area contributed by atoms with E-state index in [9.17, 15) is 26.3 Å².